The van der Waals surface area contributed by atoms with Crippen LogP contribution in [0.5, 0.6) is 0 Å². The summed E-state index contributed by atoms with van der Waals surface area (Å²) < 4.78 is 0. The molecule has 0 atom stereocenters. The van der Waals surface area contributed by atoms with Crippen molar-refractivity contribution in [2.24, 2.45) is 0 Å². The van der Waals surface area contributed by atoms with Crippen molar-refractivity contribution < 1.29 is 4.79 Å². The number of carbonyl (C=O) groups is 1. The SMILES string of the molecule is CNc1cncc(-c2ccc3nc(NC(=O)NCCc4ncc(C(C)(C)C)[nH]4)sc3n2)c1. The number of anilines is 2. The topological polar surface area (TPSA) is 121 Å². The molecule has 32 heavy (non-hydrogen) atoms. The summed E-state index contributed by atoms with van der Waals surface area (Å²) in [7, 11) is 1.85. The number of thiazole rings is 1. The van der Waals surface area contributed by atoms with Gasteiger partial charge in [0.15, 0.2) is 5.13 Å². The van der Waals surface area contributed by atoms with E-state index in [1.807, 2.05) is 31.4 Å². The predicted octanol–water partition coefficient (Wildman–Crippen LogP) is 4.18. The lowest BCUT2D eigenvalue weighted by Gasteiger charge is -2.15. The van der Waals surface area contributed by atoms with E-state index >= 15 is 0 Å². The highest BCUT2D eigenvalue weighted by Gasteiger charge is 2.16. The van der Waals surface area contributed by atoms with E-state index in [1.165, 1.54) is 11.3 Å². The summed E-state index contributed by atoms with van der Waals surface area (Å²) >= 11 is 1.33. The number of aromatic amines is 1. The Labute approximate surface area is 190 Å². The summed E-state index contributed by atoms with van der Waals surface area (Å²) in [5.74, 6) is 0.851. The van der Waals surface area contributed by atoms with Gasteiger partial charge in [-0.05, 0) is 18.2 Å². The quantitative estimate of drug-likeness (QED) is 0.350. The smallest absolute Gasteiger partial charge is 0.321 e. The number of H-pyrrole nitrogens is 1. The highest BCUT2D eigenvalue weighted by Crippen LogP contribution is 2.28. The largest absolute Gasteiger partial charge is 0.387 e. The Kier molecular flexibility index (Phi) is 6.04. The number of amides is 2. The molecule has 4 N–H and O–H groups in total. The monoisotopic (exact) mass is 450 g/mol. The number of aromatic nitrogens is 5. The van der Waals surface area contributed by atoms with Gasteiger partial charge in [-0.2, -0.15) is 0 Å². The minimum Gasteiger partial charge on any atom is -0.387 e. The number of hydrogen-bond donors (Lipinski definition) is 4. The first-order valence-electron chi connectivity index (χ1n) is 10.3. The van der Waals surface area contributed by atoms with Gasteiger partial charge in [-0.15, -0.1) is 0 Å². The lowest BCUT2D eigenvalue weighted by molar-refractivity contribution is 0.252. The summed E-state index contributed by atoms with van der Waals surface area (Å²) in [6, 6.07) is 5.47. The molecule has 0 aliphatic carbocycles. The van der Waals surface area contributed by atoms with Crippen LogP contribution in [0.2, 0.25) is 0 Å². The van der Waals surface area contributed by atoms with Gasteiger partial charge in [-0.3, -0.25) is 10.3 Å². The van der Waals surface area contributed by atoms with Gasteiger partial charge in [0.1, 0.15) is 16.2 Å². The van der Waals surface area contributed by atoms with E-state index in [0.717, 1.165) is 38.8 Å². The summed E-state index contributed by atoms with van der Waals surface area (Å²) in [4.78, 5) is 34.1. The number of urea groups is 1. The molecule has 0 fully saturated rings. The summed E-state index contributed by atoms with van der Waals surface area (Å²) in [6.45, 7) is 6.84. The number of fused-ring (bicyclic) bond motifs is 1. The molecule has 0 aliphatic heterocycles. The van der Waals surface area contributed by atoms with Crippen LogP contribution in [0.25, 0.3) is 21.6 Å². The Morgan fingerprint density at radius 2 is 2.00 bits per heavy atom. The van der Waals surface area contributed by atoms with Crippen LogP contribution in [-0.4, -0.2) is 44.5 Å². The molecule has 0 unspecified atom stereocenters. The van der Waals surface area contributed by atoms with Gasteiger partial charge in [0.25, 0.3) is 0 Å². The van der Waals surface area contributed by atoms with Crippen molar-refractivity contribution in [2.75, 3.05) is 24.2 Å². The fourth-order valence-electron chi connectivity index (χ4n) is 3.05. The number of rotatable bonds is 6. The second kappa shape index (κ2) is 8.91. The van der Waals surface area contributed by atoms with Crippen molar-refractivity contribution in [3.8, 4) is 11.3 Å². The van der Waals surface area contributed by atoms with Gasteiger partial charge in [-0.25, -0.2) is 19.7 Å². The van der Waals surface area contributed by atoms with E-state index in [4.69, 9.17) is 0 Å². The van der Waals surface area contributed by atoms with E-state index in [1.54, 1.807) is 12.4 Å². The average Bonchev–Trinajstić information content (AvgIpc) is 3.39. The van der Waals surface area contributed by atoms with E-state index < -0.39 is 0 Å². The van der Waals surface area contributed by atoms with Crippen LogP contribution >= 0.6 is 11.3 Å². The lowest BCUT2D eigenvalue weighted by atomic mass is 9.93. The Morgan fingerprint density at radius 3 is 2.75 bits per heavy atom. The van der Waals surface area contributed by atoms with Crippen LogP contribution in [0.1, 0.15) is 32.3 Å². The summed E-state index contributed by atoms with van der Waals surface area (Å²) in [5, 5.41) is 9.20. The number of carbonyl (C=O) groups excluding carboxylic acids is 1. The van der Waals surface area contributed by atoms with Crippen molar-refractivity contribution >= 4 is 38.5 Å². The molecule has 0 aromatic carbocycles. The van der Waals surface area contributed by atoms with Gasteiger partial charge < -0.3 is 15.6 Å². The third-order valence-corrected chi connectivity index (χ3v) is 5.76. The van der Waals surface area contributed by atoms with Crippen LogP contribution < -0.4 is 16.0 Å². The molecule has 2 amide bonds. The molecule has 9 nitrogen and oxygen atoms in total. The molecule has 4 aromatic rings. The van der Waals surface area contributed by atoms with Gasteiger partial charge in [-0.1, -0.05) is 32.1 Å². The first-order valence-corrected chi connectivity index (χ1v) is 11.1. The average molecular weight is 451 g/mol. The molecule has 0 saturated carbocycles. The summed E-state index contributed by atoms with van der Waals surface area (Å²) in [6.07, 6.45) is 5.99. The number of nitrogens with one attached hydrogen (secondary N) is 4. The Balaban J connectivity index is 1.36. The predicted molar refractivity (Wildman–Crippen MR) is 128 cm³/mol. The Morgan fingerprint density at radius 1 is 1.16 bits per heavy atom. The third-order valence-electron chi connectivity index (χ3n) is 4.88. The fraction of sp³-hybridized carbons (Fsp3) is 0.318. The van der Waals surface area contributed by atoms with E-state index in [-0.39, 0.29) is 11.4 Å². The number of pyridine rings is 2. The molecule has 4 rings (SSSR count). The molecule has 10 heteroatoms. The molecule has 0 aliphatic rings. The highest BCUT2D eigenvalue weighted by atomic mass is 32.1. The zero-order valence-electron chi connectivity index (χ0n) is 18.5. The van der Waals surface area contributed by atoms with E-state index in [2.05, 4.69) is 61.6 Å². The molecule has 0 bridgehead atoms. The molecule has 0 radical (unpaired) electrons. The number of imidazole rings is 1. The minimum atomic E-state index is -0.308. The lowest BCUT2D eigenvalue weighted by Crippen LogP contribution is -2.30. The summed E-state index contributed by atoms with van der Waals surface area (Å²) in [5.41, 5.74) is 4.45. The molecule has 0 spiro atoms. The molecule has 0 saturated heterocycles. The second-order valence-corrected chi connectivity index (χ2v) is 9.35. The zero-order chi connectivity index (χ0) is 22.7. The van der Waals surface area contributed by atoms with Gasteiger partial charge >= 0.3 is 6.03 Å². The van der Waals surface area contributed by atoms with Gasteiger partial charge in [0, 0.05) is 55.3 Å². The highest BCUT2D eigenvalue weighted by molar-refractivity contribution is 7.21. The Hall–Kier alpha value is -3.53. The normalized spacial score (nSPS) is 11.5. The van der Waals surface area contributed by atoms with Crippen LogP contribution in [-0.2, 0) is 11.8 Å². The van der Waals surface area contributed by atoms with Crippen molar-refractivity contribution in [2.45, 2.75) is 32.6 Å². The fourth-order valence-corrected chi connectivity index (χ4v) is 3.89. The van der Waals surface area contributed by atoms with E-state index in [9.17, 15) is 4.79 Å². The number of nitrogens with zero attached hydrogens (tertiary/aromatic N) is 4. The molecular formula is C22H26N8OS. The van der Waals surface area contributed by atoms with Crippen molar-refractivity contribution in [3.63, 3.8) is 0 Å². The maximum absolute atomic E-state index is 12.3. The van der Waals surface area contributed by atoms with Crippen molar-refractivity contribution in [1.29, 1.82) is 0 Å². The first-order chi connectivity index (χ1) is 15.3. The molecule has 166 valence electrons. The molecule has 4 heterocycles. The van der Waals surface area contributed by atoms with Gasteiger partial charge in [0.05, 0.1) is 11.4 Å². The van der Waals surface area contributed by atoms with Crippen LogP contribution in [0, 0.1) is 0 Å². The van der Waals surface area contributed by atoms with Gasteiger partial charge in [0.2, 0.25) is 0 Å². The van der Waals surface area contributed by atoms with E-state index in [0.29, 0.717) is 18.1 Å². The van der Waals surface area contributed by atoms with Crippen molar-refractivity contribution in [1.82, 2.24) is 30.2 Å². The maximum Gasteiger partial charge on any atom is 0.321 e. The van der Waals surface area contributed by atoms with Crippen LogP contribution in [0.4, 0.5) is 15.6 Å². The first kappa shape index (κ1) is 21.7. The van der Waals surface area contributed by atoms with Crippen molar-refractivity contribution in [3.05, 3.63) is 48.3 Å². The second-order valence-electron chi connectivity index (χ2n) is 8.38. The number of hydrogen-bond acceptors (Lipinski definition) is 7. The zero-order valence-corrected chi connectivity index (χ0v) is 19.3. The molecular weight excluding hydrogens is 424 g/mol. The minimum absolute atomic E-state index is 0.0169. The molecule has 4 aromatic heterocycles. The maximum atomic E-state index is 12.3. The third kappa shape index (κ3) is 5.02. The van der Waals surface area contributed by atoms with Crippen LogP contribution in [0.15, 0.2) is 36.8 Å². The van der Waals surface area contributed by atoms with Crippen LogP contribution in [0.3, 0.4) is 0 Å². The standard InChI is InChI=1S/C22H26N8OS/c1-22(2,3)17-12-26-18(29-17)7-8-25-20(31)30-21-28-16-6-5-15(27-19(16)32-21)13-9-14(23-4)11-24-10-13/h5-6,9-12,23H,7-8H2,1-4H3,(H,26,29)(H2,25,28,30,31). The Bertz CT molecular complexity index is 1240.